The lowest BCUT2D eigenvalue weighted by Gasteiger charge is -2.19. The summed E-state index contributed by atoms with van der Waals surface area (Å²) in [7, 11) is -5.05. The second-order valence-electron chi connectivity index (χ2n) is 9.04. The minimum absolute atomic E-state index is 0.0364. The number of nitrogens with zero attached hydrogens (tertiary/aromatic N) is 3. The number of halogens is 3. The predicted octanol–water partition coefficient (Wildman–Crippen LogP) is 3.89. The van der Waals surface area contributed by atoms with Crippen LogP contribution in [0.4, 0.5) is 30.5 Å². The average molecular weight is 592 g/mol. The summed E-state index contributed by atoms with van der Waals surface area (Å²) in [5.74, 6) is -4.68. The Labute approximate surface area is 231 Å². The monoisotopic (exact) mass is 591 g/mol. The number of carbonyl (C=O) groups excluding carboxylic acids is 1. The molecule has 0 radical (unpaired) electrons. The molecule has 0 saturated carbocycles. The van der Waals surface area contributed by atoms with Crippen LogP contribution >= 0.6 is 0 Å². The zero-order valence-corrected chi connectivity index (χ0v) is 22.2. The van der Waals surface area contributed by atoms with Crippen LogP contribution in [0.5, 0.6) is 5.75 Å². The number of alkyl halides is 2. The van der Waals surface area contributed by atoms with Gasteiger partial charge in [-0.25, -0.2) is 12.8 Å². The number of sulfonamides is 1. The van der Waals surface area contributed by atoms with Crippen molar-refractivity contribution >= 4 is 33.3 Å². The van der Waals surface area contributed by atoms with Gasteiger partial charge in [-0.1, -0.05) is 18.2 Å². The highest BCUT2D eigenvalue weighted by molar-refractivity contribution is 7.93. The smallest absolute Gasteiger partial charge is 0.355 e. The third-order valence-corrected chi connectivity index (χ3v) is 7.19. The first kappa shape index (κ1) is 28.0. The molecule has 1 aliphatic heterocycles. The van der Waals surface area contributed by atoms with Crippen LogP contribution in [0.25, 0.3) is 11.3 Å². The molecule has 5 N–H and O–H groups in total. The van der Waals surface area contributed by atoms with Crippen molar-refractivity contribution in [3.63, 3.8) is 0 Å². The van der Waals surface area contributed by atoms with Crippen molar-refractivity contribution < 1.29 is 35.9 Å². The van der Waals surface area contributed by atoms with Crippen LogP contribution in [-0.2, 0) is 27.9 Å². The number of aromatic amines is 1. The molecule has 0 bridgehead atoms. The van der Waals surface area contributed by atoms with Gasteiger partial charge in [-0.2, -0.15) is 19.0 Å². The Morgan fingerprint density at radius 1 is 1.20 bits per heavy atom. The van der Waals surface area contributed by atoms with Gasteiger partial charge in [-0.15, -0.1) is 0 Å². The van der Waals surface area contributed by atoms with E-state index in [0.29, 0.717) is 31.1 Å². The van der Waals surface area contributed by atoms with E-state index in [9.17, 15) is 26.4 Å². The number of hydrogen-bond acceptors (Lipinski definition) is 8. The first-order valence-electron chi connectivity index (χ1n) is 12.2. The Morgan fingerprint density at radius 3 is 2.63 bits per heavy atom. The van der Waals surface area contributed by atoms with Crippen LogP contribution in [0.2, 0.25) is 0 Å². The van der Waals surface area contributed by atoms with Gasteiger partial charge in [-0.3, -0.25) is 19.3 Å². The van der Waals surface area contributed by atoms with E-state index in [-0.39, 0.29) is 34.1 Å². The summed E-state index contributed by atoms with van der Waals surface area (Å²) in [6.45, 7) is 3.06. The van der Waals surface area contributed by atoms with Gasteiger partial charge < -0.3 is 20.5 Å². The van der Waals surface area contributed by atoms with Gasteiger partial charge in [0.1, 0.15) is 23.2 Å². The SMILES string of the molecule is C[C@H](Oc1cc(-c2[nH]nc(Nc3cc4n(n3)CCOC4)c2C(N)=O)ccc1NS(=O)(=O)C(F)F)c1ccc(F)cc1. The molecule has 5 rings (SSSR count). The number of anilines is 3. The summed E-state index contributed by atoms with van der Waals surface area (Å²) < 4.78 is 78.4. The van der Waals surface area contributed by atoms with Crippen LogP contribution in [0.1, 0.15) is 34.6 Å². The third kappa shape index (κ3) is 5.97. The predicted molar refractivity (Wildman–Crippen MR) is 142 cm³/mol. The summed E-state index contributed by atoms with van der Waals surface area (Å²) in [4.78, 5) is 12.5. The summed E-state index contributed by atoms with van der Waals surface area (Å²) in [5.41, 5.74) is 7.14. The number of fused-ring (bicyclic) bond motifs is 1. The number of ether oxygens (including phenoxy) is 2. The standard InChI is InChI=1S/C25H24F3N7O5S/c1-13(14-2-5-16(26)6-3-14)40-19-10-15(4-7-18(19)34-41(37,38)25(27)28)22-21(23(29)36)24(32-31-22)30-20-11-17-12-39-9-8-35(17)33-20/h2-7,10-11,13,25,34H,8-9,12H2,1H3,(H2,29,36)(H2,30,31,32,33)/t13-/m0/s1. The molecule has 0 aliphatic carbocycles. The molecule has 12 nitrogen and oxygen atoms in total. The Balaban J connectivity index is 1.51. The van der Waals surface area contributed by atoms with E-state index in [1.165, 1.54) is 42.5 Å². The maximum Gasteiger partial charge on any atom is 0.355 e. The maximum atomic E-state index is 13.4. The molecule has 2 aromatic carbocycles. The molecule has 3 heterocycles. The quantitative estimate of drug-likeness (QED) is 0.216. The summed E-state index contributed by atoms with van der Waals surface area (Å²) in [6.07, 6.45) is -0.758. The molecule has 0 fully saturated rings. The maximum absolute atomic E-state index is 13.4. The van der Waals surface area contributed by atoms with Gasteiger partial charge in [0.15, 0.2) is 11.6 Å². The van der Waals surface area contributed by atoms with Crippen molar-refractivity contribution in [1.29, 1.82) is 0 Å². The van der Waals surface area contributed by atoms with Crippen molar-refractivity contribution in [2.24, 2.45) is 5.73 Å². The highest BCUT2D eigenvalue weighted by atomic mass is 32.2. The van der Waals surface area contributed by atoms with E-state index in [2.05, 4.69) is 20.6 Å². The second kappa shape index (κ2) is 11.1. The number of aromatic nitrogens is 4. The normalized spacial score (nSPS) is 14.0. The van der Waals surface area contributed by atoms with Crippen LogP contribution in [-0.4, -0.2) is 46.7 Å². The van der Waals surface area contributed by atoms with Crippen LogP contribution in [0.3, 0.4) is 0 Å². The van der Waals surface area contributed by atoms with Gasteiger partial charge >= 0.3 is 5.76 Å². The average Bonchev–Trinajstić information content (AvgIpc) is 3.53. The number of hydrogen-bond donors (Lipinski definition) is 4. The lowest BCUT2D eigenvalue weighted by Crippen LogP contribution is -2.21. The van der Waals surface area contributed by atoms with E-state index in [1.807, 2.05) is 4.72 Å². The molecule has 1 atom stereocenters. The number of benzene rings is 2. The number of amides is 1. The fourth-order valence-corrected chi connectivity index (χ4v) is 4.77. The lowest BCUT2D eigenvalue weighted by atomic mass is 10.1. The minimum atomic E-state index is -5.05. The van der Waals surface area contributed by atoms with Gasteiger partial charge in [0.25, 0.3) is 15.9 Å². The number of nitrogens with two attached hydrogens (primary N) is 1. The van der Waals surface area contributed by atoms with Crippen LogP contribution in [0, 0.1) is 5.82 Å². The Bertz CT molecular complexity index is 1670. The molecule has 0 unspecified atom stereocenters. The molecule has 1 amide bonds. The molecule has 0 spiro atoms. The second-order valence-corrected chi connectivity index (χ2v) is 10.7. The molecule has 216 valence electrons. The Hall–Kier alpha value is -4.57. The molecular weight excluding hydrogens is 567 g/mol. The zero-order valence-electron chi connectivity index (χ0n) is 21.4. The third-order valence-electron chi connectivity index (χ3n) is 6.22. The largest absolute Gasteiger partial charge is 0.484 e. The van der Waals surface area contributed by atoms with E-state index in [0.717, 1.165) is 5.69 Å². The van der Waals surface area contributed by atoms with Crippen LogP contribution < -0.4 is 20.5 Å². The van der Waals surface area contributed by atoms with E-state index < -0.39 is 33.6 Å². The number of carbonyl (C=O) groups is 1. The number of primary amides is 1. The topological polar surface area (TPSA) is 166 Å². The van der Waals surface area contributed by atoms with E-state index >= 15 is 0 Å². The zero-order chi connectivity index (χ0) is 29.3. The van der Waals surface area contributed by atoms with E-state index in [1.54, 1.807) is 17.7 Å². The molecule has 2 aromatic heterocycles. The number of rotatable bonds is 10. The van der Waals surface area contributed by atoms with Crippen molar-refractivity contribution in [2.75, 3.05) is 16.6 Å². The van der Waals surface area contributed by atoms with Crippen LogP contribution in [0.15, 0.2) is 48.5 Å². The van der Waals surface area contributed by atoms with Gasteiger partial charge in [0.2, 0.25) is 0 Å². The van der Waals surface area contributed by atoms with Gasteiger partial charge in [-0.05, 0) is 36.8 Å². The van der Waals surface area contributed by atoms with Crippen molar-refractivity contribution in [3.8, 4) is 17.0 Å². The molecule has 4 aromatic rings. The molecular formula is C25H24F3N7O5S. The first-order chi connectivity index (χ1) is 19.5. The molecule has 16 heteroatoms. The van der Waals surface area contributed by atoms with Crippen molar-refractivity contribution in [2.45, 2.75) is 31.9 Å². The fraction of sp³-hybridized carbons (Fsp3) is 0.240. The number of nitrogens with one attached hydrogen (secondary N) is 3. The Kier molecular flexibility index (Phi) is 7.59. The van der Waals surface area contributed by atoms with Crippen molar-refractivity contribution in [1.82, 2.24) is 20.0 Å². The summed E-state index contributed by atoms with van der Waals surface area (Å²) in [6, 6.07) is 11.0. The van der Waals surface area contributed by atoms with Gasteiger partial charge in [0.05, 0.1) is 36.8 Å². The highest BCUT2D eigenvalue weighted by Crippen LogP contribution is 2.37. The highest BCUT2D eigenvalue weighted by Gasteiger charge is 2.27. The van der Waals surface area contributed by atoms with Crippen molar-refractivity contribution in [3.05, 3.63) is 71.2 Å². The molecule has 1 aliphatic rings. The number of H-pyrrole nitrogens is 1. The summed E-state index contributed by atoms with van der Waals surface area (Å²) >= 11 is 0. The Morgan fingerprint density at radius 2 is 1.95 bits per heavy atom. The first-order valence-corrected chi connectivity index (χ1v) is 13.7. The lowest BCUT2D eigenvalue weighted by molar-refractivity contribution is 0.0801. The van der Waals surface area contributed by atoms with E-state index in [4.69, 9.17) is 15.2 Å². The summed E-state index contributed by atoms with van der Waals surface area (Å²) in [5, 5.41) is 14.3. The molecule has 0 saturated heterocycles. The molecule has 41 heavy (non-hydrogen) atoms. The van der Waals surface area contributed by atoms with Gasteiger partial charge in [0, 0.05) is 11.6 Å². The fourth-order valence-electron chi connectivity index (χ4n) is 4.21. The minimum Gasteiger partial charge on any atom is -0.484 e.